The lowest BCUT2D eigenvalue weighted by Crippen LogP contribution is -2.36. The Morgan fingerprint density at radius 3 is 2.60 bits per heavy atom. The molecule has 15 heavy (non-hydrogen) atoms. The van der Waals surface area contributed by atoms with Gasteiger partial charge >= 0.3 is 0 Å². The summed E-state index contributed by atoms with van der Waals surface area (Å²) in [5.41, 5.74) is 6.63. The van der Waals surface area contributed by atoms with Crippen LogP contribution in [0, 0.1) is 0 Å². The van der Waals surface area contributed by atoms with Gasteiger partial charge in [-0.2, -0.15) is 0 Å². The number of hydrogen-bond acceptors (Lipinski definition) is 2. The second-order valence-corrected chi connectivity index (χ2v) is 4.74. The summed E-state index contributed by atoms with van der Waals surface area (Å²) in [5.74, 6) is 0. The van der Waals surface area contributed by atoms with Crippen molar-refractivity contribution >= 4 is 15.9 Å². The van der Waals surface area contributed by atoms with E-state index in [-0.39, 0.29) is 5.60 Å². The van der Waals surface area contributed by atoms with E-state index in [0.29, 0.717) is 13.2 Å². The predicted molar refractivity (Wildman–Crippen MR) is 66.7 cm³/mol. The molecular formula is C12H18BrNO. The van der Waals surface area contributed by atoms with Crippen molar-refractivity contribution in [3.8, 4) is 0 Å². The van der Waals surface area contributed by atoms with E-state index in [0.717, 1.165) is 16.5 Å². The van der Waals surface area contributed by atoms with E-state index in [1.165, 1.54) is 0 Å². The van der Waals surface area contributed by atoms with Crippen LogP contribution < -0.4 is 5.73 Å². The molecule has 0 aromatic heterocycles. The van der Waals surface area contributed by atoms with Gasteiger partial charge in [-0.05, 0) is 25.0 Å². The Morgan fingerprint density at radius 1 is 1.40 bits per heavy atom. The molecule has 0 spiro atoms. The molecule has 0 aliphatic heterocycles. The maximum atomic E-state index is 5.84. The third-order valence-corrected chi connectivity index (χ3v) is 3.49. The van der Waals surface area contributed by atoms with Crippen LogP contribution >= 0.6 is 15.9 Å². The number of benzene rings is 1. The third-order valence-electron chi connectivity index (χ3n) is 2.71. The van der Waals surface area contributed by atoms with Gasteiger partial charge in [-0.25, -0.2) is 0 Å². The first-order valence-electron chi connectivity index (χ1n) is 5.19. The van der Waals surface area contributed by atoms with E-state index in [1.807, 2.05) is 25.1 Å². The van der Waals surface area contributed by atoms with E-state index >= 15 is 0 Å². The Bertz CT molecular complexity index is 310. The van der Waals surface area contributed by atoms with Crippen LogP contribution in [0.4, 0.5) is 0 Å². The summed E-state index contributed by atoms with van der Waals surface area (Å²) in [7, 11) is 0. The molecule has 0 bridgehead atoms. The van der Waals surface area contributed by atoms with Gasteiger partial charge in [0, 0.05) is 11.0 Å². The average molecular weight is 272 g/mol. The minimum atomic E-state index is -0.213. The highest BCUT2D eigenvalue weighted by atomic mass is 79.9. The van der Waals surface area contributed by atoms with Gasteiger partial charge in [0.1, 0.15) is 0 Å². The normalized spacial score (nSPS) is 14.9. The molecular weight excluding hydrogens is 254 g/mol. The Labute approximate surface area is 99.9 Å². The van der Waals surface area contributed by atoms with Crippen LogP contribution in [0.1, 0.15) is 25.8 Å². The van der Waals surface area contributed by atoms with Crippen molar-refractivity contribution in [3.05, 3.63) is 34.3 Å². The van der Waals surface area contributed by atoms with Gasteiger partial charge in [0.25, 0.3) is 0 Å². The predicted octanol–water partition coefficient (Wildman–Crippen LogP) is 3.09. The lowest BCUT2D eigenvalue weighted by Gasteiger charge is -2.27. The van der Waals surface area contributed by atoms with Crippen LogP contribution in [0.25, 0.3) is 0 Å². The maximum Gasteiger partial charge on any atom is 0.0778 e. The first-order valence-corrected chi connectivity index (χ1v) is 5.98. The smallest absolute Gasteiger partial charge is 0.0778 e. The molecule has 0 aliphatic carbocycles. The van der Waals surface area contributed by atoms with E-state index in [9.17, 15) is 0 Å². The summed E-state index contributed by atoms with van der Waals surface area (Å²) in [6.07, 6.45) is 0.925. The zero-order chi connectivity index (χ0) is 11.3. The summed E-state index contributed by atoms with van der Waals surface area (Å²) in [5, 5.41) is 0. The second-order valence-electron chi connectivity index (χ2n) is 3.89. The van der Waals surface area contributed by atoms with Crippen LogP contribution in [-0.2, 0) is 11.3 Å². The van der Waals surface area contributed by atoms with E-state index in [1.54, 1.807) is 0 Å². The molecule has 3 heteroatoms. The van der Waals surface area contributed by atoms with E-state index in [4.69, 9.17) is 10.5 Å². The molecule has 0 radical (unpaired) electrons. The number of halogens is 1. The van der Waals surface area contributed by atoms with Crippen LogP contribution in [0.5, 0.6) is 0 Å². The highest BCUT2D eigenvalue weighted by Crippen LogP contribution is 2.21. The number of rotatable bonds is 5. The molecule has 0 amide bonds. The summed E-state index contributed by atoms with van der Waals surface area (Å²) in [6.45, 7) is 5.29. The lowest BCUT2D eigenvalue weighted by atomic mass is 10.0. The zero-order valence-electron chi connectivity index (χ0n) is 9.29. The van der Waals surface area contributed by atoms with Crippen LogP contribution in [0.3, 0.4) is 0 Å². The van der Waals surface area contributed by atoms with E-state index in [2.05, 4.69) is 28.9 Å². The highest BCUT2D eigenvalue weighted by Gasteiger charge is 2.20. The van der Waals surface area contributed by atoms with Crippen molar-refractivity contribution in [2.45, 2.75) is 32.5 Å². The molecule has 84 valence electrons. The van der Waals surface area contributed by atoms with Crippen LogP contribution in [0.15, 0.2) is 28.7 Å². The summed E-state index contributed by atoms with van der Waals surface area (Å²) in [6, 6.07) is 8.08. The Kier molecular flexibility index (Phi) is 4.77. The van der Waals surface area contributed by atoms with Gasteiger partial charge < -0.3 is 10.5 Å². The second kappa shape index (κ2) is 5.64. The molecule has 1 aromatic rings. The highest BCUT2D eigenvalue weighted by molar-refractivity contribution is 9.10. The fraction of sp³-hybridized carbons (Fsp3) is 0.500. The largest absolute Gasteiger partial charge is 0.369 e. The molecule has 1 unspecified atom stereocenters. The number of ether oxygens (including phenoxy) is 1. The fourth-order valence-corrected chi connectivity index (χ4v) is 1.57. The van der Waals surface area contributed by atoms with Gasteiger partial charge in [-0.15, -0.1) is 0 Å². The molecule has 1 rings (SSSR count). The standard InChI is InChI=1S/C12H18BrNO/c1-3-12(2,9-14)15-8-10-6-4-5-7-11(10)13/h4-7H,3,8-9,14H2,1-2H3. The monoisotopic (exact) mass is 271 g/mol. The molecule has 1 aromatic carbocycles. The van der Waals surface area contributed by atoms with E-state index < -0.39 is 0 Å². The number of hydrogen-bond donors (Lipinski definition) is 1. The Morgan fingerprint density at radius 2 is 2.07 bits per heavy atom. The summed E-state index contributed by atoms with van der Waals surface area (Å²) >= 11 is 3.50. The molecule has 0 heterocycles. The number of nitrogens with two attached hydrogens (primary N) is 1. The first kappa shape index (κ1) is 12.7. The molecule has 2 N–H and O–H groups in total. The lowest BCUT2D eigenvalue weighted by molar-refractivity contribution is -0.0390. The van der Waals surface area contributed by atoms with Crippen molar-refractivity contribution in [1.29, 1.82) is 0 Å². The summed E-state index contributed by atoms with van der Waals surface area (Å²) < 4.78 is 6.92. The quantitative estimate of drug-likeness (QED) is 0.894. The third kappa shape index (κ3) is 3.59. The Balaban J connectivity index is 2.61. The van der Waals surface area contributed by atoms with Crippen molar-refractivity contribution in [2.75, 3.05) is 6.54 Å². The van der Waals surface area contributed by atoms with Crippen molar-refractivity contribution in [1.82, 2.24) is 0 Å². The van der Waals surface area contributed by atoms with Crippen molar-refractivity contribution in [2.24, 2.45) is 5.73 Å². The minimum Gasteiger partial charge on any atom is -0.369 e. The van der Waals surface area contributed by atoms with Gasteiger partial charge in [-0.3, -0.25) is 0 Å². The minimum absolute atomic E-state index is 0.213. The van der Waals surface area contributed by atoms with Gasteiger partial charge in [0.05, 0.1) is 12.2 Å². The molecule has 0 saturated carbocycles. The van der Waals surface area contributed by atoms with Crippen LogP contribution in [0.2, 0.25) is 0 Å². The first-order chi connectivity index (χ1) is 7.11. The van der Waals surface area contributed by atoms with Crippen molar-refractivity contribution in [3.63, 3.8) is 0 Å². The molecule has 1 atom stereocenters. The average Bonchev–Trinajstić information content (AvgIpc) is 2.28. The molecule has 2 nitrogen and oxygen atoms in total. The topological polar surface area (TPSA) is 35.2 Å². The Hall–Kier alpha value is -0.380. The molecule has 0 saturated heterocycles. The van der Waals surface area contributed by atoms with Crippen LogP contribution in [-0.4, -0.2) is 12.1 Å². The van der Waals surface area contributed by atoms with Gasteiger partial charge in [0.15, 0.2) is 0 Å². The fourth-order valence-electron chi connectivity index (χ4n) is 1.17. The SMILES string of the molecule is CCC(C)(CN)OCc1ccccc1Br. The maximum absolute atomic E-state index is 5.84. The van der Waals surface area contributed by atoms with Crippen molar-refractivity contribution < 1.29 is 4.74 Å². The zero-order valence-corrected chi connectivity index (χ0v) is 10.9. The molecule has 0 fully saturated rings. The molecule has 0 aliphatic rings. The van der Waals surface area contributed by atoms with Gasteiger partial charge in [0.2, 0.25) is 0 Å². The van der Waals surface area contributed by atoms with Gasteiger partial charge in [-0.1, -0.05) is 41.1 Å². The summed E-state index contributed by atoms with van der Waals surface area (Å²) in [4.78, 5) is 0.